The molecule has 4 rings (SSSR count). The fourth-order valence-corrected chi connectivity index (χ4v) is 3.58. The summed E-state index contributed by atoms with van der Waals surface area (Å²) in [7, 11) is 0. The average molecular weight is 382 g/mol. The van der Waals surface area contributed by atoms with E-state index in [2.05, 4.69) is 39.3 Å². The number of aromatic nitrogens is 3. The van der Waals surface area contributed by atoms with Gasteiger partial charge in [-0.3, -0.25) is 9.78 Å². The van der Waals surface area contributed by atoms with E-state index in [-0.39, 0.29) is 5.91 Å². The Kier molecular flexibility index (Phi) is 4.90. The van der Waals surface area contributed by atoms with E-state index >= 15 is 0 Å². The highest BCUT2D eigenvalue weighted by molar-refractivity contribution is 6.32. The molecule has 0 saturated carbocycles. The van der Waals surface area contributed by atoms with Gasteiger partial charge in [0.25, 0.3) is 0 Å². The largest absolute Gasteiger partial charge is 0.323 e. The molecule has 0 atom stereocenters. The van der Waals surface area contributed by atoms with E-state index in [1.807, 2.05) is 6.07 Å². The van der Waals surface area contributed by atoms with Gasteiger partial charge in [-0.05, 0) is 37.8 Å². The van der Waals surface area contributed by atoms with Crippen molar-refractivity contribution < 1.29 is 4.79 Å². The Labute approximate surface area is 163 Å². The van der Waals surface area contributed by atoms with Gasteiger partial charge in [0, 0.05) is 18.5 Å². The van der Waals surface area contributed by atoms with Gasteiger partial charge < -0.3 is 10.2 Å². The summed E-state index contributed by atoms with van der Waals surface area (Å²) in [5, 5.41) is 3.70. The first-order chi connectivity index (χ1) is 13.1. The number of amides is 1. The van der Waals surface area contributed by atoms with Crippen molar-refractivity contribution in [1.82, 2.24) is 15.0 Å². The molecule has 2 aromatic heterocycles. The number of carbonyl (C=O) groups is 1. The lowest BCUT2D eigenvalue weighted by molar-refractivity contribution is -0.117. The Morgan fingerprint density at radius 2 is 2.04 bits per heavy atom. The maximum atomic E-state index is 12.0. The third kappa shape index (κ3) is 3.71. The van der Waals surface area contributed by atoms with Crippen LogP contribution in [-0.4, -0.2) is 27.4 Å². The highest BCUT2D eigenvalue weighted by Gasteiger charge is 2.22. The van der Waals surface area contributed by atoms with Crippen molar-refractivity contribution >= 4 is 40.4 Å². The number of halogens is 1. The van der Waals surface area contributed by atoms with Crippen molar-refractivity contribution in [3.63, 3.8) is 0 Å². The van der Waals surface area contributed by atoms with Crippen molar-refractivity contribution in [2.24, 2.45) is 0 Å². The summed E-state index contributed by atoms with van der Waals surface area (Å²) >= 11 is 6.35. The standard InChI is InChI=1S/C20H20ClN5O/c1-13-5-2-3-6-16(13)19-17(21)12-23-20(25-19)24-14-9-15(11-22-10-14)26-8-4-7-18(26)27/h5-6,9-12H,2-4,7-8H2,1H3,(H,23,24,25). The second-order valence-corrected chi connectivity index (χ2v) is 7.09. The third-order valence-electron chi connectivity index (χ3n) is 4.75. The first kappa shape index (κ1) is 17.7. The lowest BCUT2D eigenvalue weighted by Crippen LogP contribution is -2.23. The van der Waals surface area contributed by atoms with E-state index in [1.165, 1.54) is 5.57 Å². The van der Waals surface area contributed by atoms with Gasteiger partial charge in [0.05, 0.1) is 40.7 Å². The minimum Gasteiger partial charge on any atom is -0.323 e. The monoisotopic (exact) mass is 381 g/mol. The van der Waals surface area contributed by atoms with Crippen LogP contribution in [0.1, 0.15) is 38.3 Å². The highest BCUT2D eigenvalue weighted by atomic mass is 35.5. The predicted molar refractivity (Wildman–Crippen MR) is 107 cm³/mol. The number of carbonyl (C=O) groups excluding carboxylic acids is 1. The highest BCUT2D eigenvalue weighted by Crippen LogP contribution is 2.32. The molecule has 2 aliphatic rings. The Bertz CT molecular complexity index is 953. The Hall–Kier alpha value is -2.73. The van der Waals surface area contributed by atoms with Crippen LogP contribution in [0.2, 0.25) is 5.02 Å². The summed E-state index contributed by atoms with van der Waals surface area (Å²) in [5.41, 5.74) is 4.45. The van der Waals surface area contributed by atoms with Gasteiger partial charge in [-0.1, -0.05) is 23.8 Å². The number of nitrogens with one attached hydrogen (secondary N) is 1. The number of hydrogen-bond acceptors (Lipinski definition) is 5. The Morgan fingerprint density at radius 1 is 1.19 bits per heavy atom. The fourth-order valence-electron chi connectivity index (χ4n) is 3.39. The van der Waals surface area contributed by atoms with E-state index in [0.29, 0.717) is 17.4 Å². The van der Waals surface area contributed by atoms with Crippen molar-refractivity contribution in [2.75, 3.05) is 16.8 Å². The molecule has 0 unspecified atom stereocenters. The molecule has 138 valence electrons. The van der Waals surface area contributed by atoms with E-state index in [0.717, 1.165) is 48.4 Å². The topological polar surface area (TPSA) is 71.0 Å². The van der Waals surface area contributed by atoms with Crippen LogP contribution in [0.5, 0.6) is 0 Å². The van der Waals surface area contributed by atoms with Crippen molar-refractivity contribution in [3.05, 3.63) is 53.1 Å². The Morgan fingerprint density at radius 3 is 2.81 bits per heavy atom. The molecule has 0 bridgehead atoms. The number of pyridine rings is 1. The van der Waals surface area contributed by atoms with E-state index < -0.39 is 0 Å². The van der Waals surface area contributed by atoms with Gasteiger partial charge in [-0.2, -0.15) is 0 Å². The maximum absolute atomic E-state index is 12.0. The summed E-state index contributed by atoms with van der Waals surface area (Å²) in [5.74, 6) is 0.575. The molecule has 3 heterocycles. The predicted octanol–water partition coefficient (Wildman–Crippen LogP) is 4.52. The van der Waals surface area contributed by atoms with Crippen LogP contribution in [0, 0.1) is 0 Å². The molecule has 0 spiro atoms. The van der Waals surface area contributed by atoms with E-state index in [4.69, 9.17) is 11.6 Å². The molecule has 7 heteroatoms. The van der Waals surface area contributed by atoms with Crippen LogP contribution in [-0.2, 0) is 4.79 Å². The van der Waals surface area contributed by atoms with Gasteiger partial charge in [-0.25, -0.2) is 9.97 Å². The minimum absolute atomic E-state index is 0.130. The molecule has 0 aromatic carbocycles. The third-order valence-corrected chi connectivity index (χ3v) is 5.03. The molecule has 1 aliphatic carbocycles. The number of nitrogens with zero attached hydrogens (tertiary/aromatic N) is 4. The Balaban J connectivity index is 1.60. The number of hydrogen-bond donors (Lipinski definition) is 1. The molecule has 1 fully saturated rings. The summed E-state index contributed by atoms with van der Waals surface area (Å²) in [6, 6.07) is 1.89. The molecule has 27 heavy (non-hydrogen) atoms. The molecule has 1 amide bonds. The molecule has 1 N–H and O–H groups in total. The van der Waals surface area contributed by atoms with Gasteiger partial charge in [0.2, 0.25) is 11.9 Å². The first-order valence-corrected chi connectivity index (χ1v) is 9.42. The zero-order valence-corrected chi connectivity index (χ0v) is 15.8. The van der Waals surface area contributed by atoms with Crippen LogP contribution in [0.3, 0.4) is 0 Å². The summed E-state index contributed by atoms with van der Waals surface area (Å²) in [6.07, 6.45) is 12.8. The zero-order valence-electron chi connectivity index (χ0n) is 15.1. The van der Waals surface area contributed by atoms with Gasteiger partial charge in [0.15, 0.2) is 0 Å². The van der Waals surface area contributed by atoms with Gasteiger partial charge in [-0.15, -0.1) is 0 Å². The van der Waals surface area contributed by atoms with Gasteiger partial charge >= 0.3 is 0 Å². The molecule has 6 nitrogen and oxygen atoms in total. The lowest BCUT2D eigenvalue weighted by atomic mass is 9.96. The summed E-state index contributed by atoms with van der Waals surface area (Å²) in [4.78, 5) is 26.9. The number of anilines is 3. The average Bonchev–Trinajstić information content (AvgIpc) is 3.10. The number of allylic oxidation sites excluding steroid dienone is 4. The maximum Gasteiger partial charge on any atom is 0.227 e. The molecule has 2 aromatic rings. The van der Waals surface area contributed by atoms with Crippen LogP contribution in [0.25, 0.3) is 5.57 Å². The molecule has 1 saturated heterocycles. The second kappa shape index (κ2) is 7.48. The molecule has 1 aliphatic heterocycles. The van der Waals surface area contributed by atoms with Crippen LogP contribution < -0.4 is 10.2 Å². The smallest absolute Gasteiger partial charge is 0.227 e. The van der Waals surface area contributed by atoms with E-state index in [1.54, 1.807) is 23.5 Å². The first-order valence-electron chi connectivity index (χ1n) is 9.04. The normalized spacial score (nSPS) is 17.0. The van der Waals surface area contributed by atoms with Crippen molar-refractivity contribution in [1.29, 1.82) is 0 Å². The second-order valence-electron chi connectivity index (χ2n) is 6.68. The molecule has 0 radical (unpaired) electrons. The van der Waals surface area contributed by atoms with Gasteiger partial charge in [0.1, 0.15) is 0 Å². The van der Waals surface area contributed by atoms with Crippen LogP contribution in [0.15, 0.2) is 42.4 Å². The van der Waals surface area contributed by atoms with Crippen LogP contribution >= 0.6 is 11.6 Å². The SMILES string of the molecule is CC1=CCCC=C1c1nc(Nc2cncc(N3CCCC3=O)c2)ncc1Cl. The zero-order chi connectivity index (χ0) is 18.8. The molecular weight excluding hydrogens is 362 g/mol. The quantitative estimate of drug-likeness (QED) is 0.843. The summed E-state index contributed by atoms with van der Waals surface area (Å²) < 4.78 is 0. The minimum atomic E-state index is 0.130. The van der Waals surface area contributed by atoms with Crippen LogP contribution in [0.4, 0.5) is 17.3 Å². The molecular formula is C20H20ClN5O. The van der Waals surface area contributed by atoms with Crippen molar-refractivity contribution in [2.45, 2.75) is 32.6 Å². The number of rotatable bonds is 4. The lowest BCUT2D eigenvalue weighted by Gasteiger charge is -2.17. The fraction of sp³-hybridized carbons (Fsp3) is 0.300. The van der Waals surface area contributed by atoms with Crippen molar-refractivity contribution in [3.8, 4) is 0 Å². The summed E-state index contributed by atoms with van der Waals surface area (Å²) in [6.45, 7) is 2.79. The van der Waals surface area contributed by atoms with E-state index in [9.17, 15) is 4.79 Å².